The molecule has 2 aromatic carbocycles. The first-order chi connectivity index (χ1) is 14.0. The molecule has 0 radical (unpaired) electrons. The maximum absolute atomic E-state index is 12.9. The molecule has 7 heteroatoms. The summed E-state index contributed by atoms with van der Waals surface area (Å²) in [5, 5.41) is 2.77. The standard InChI is InChI=1S/C22H24N2O5/c1-14-18(21(25)29-13-12-15-8-5-4-6-9-15)19(24-22(26)23-14)16-10-7-11-17(27-2)20(16)28-3/h4-11,18-19H,12-13H2,1-3H3,(H,24,26). The van der Waals surface area contributed by atoms with E-state index in [1.54, 1.807) is 25.1 Å². The van der Waals surface area contributed by atoms with Crippen molar-refractivity contribution in [1.82, 2.24) is 5.32 Å². The van der Waals surface area contributed by atoms with Crippen LogP contribution in [0.25, 0.3) is 0 Å². The van der Waals surface area contributed by atoms with Crippen molar-refractivity contribution in [3.8, 4) is 11.5 Å². The van der Waals surface area contributed by atoms with Gasteiger partial charge in [0.2, 0.25) is 0 Å². The Balaban J connectivity index is 1.83. The Labute approximate surface area is 169 Å². The van der Waals surface area contributed by atoms with Crippen molar-refractivity contribution in [2.24, 2.45) is 10.9 Å². The number of aliphatic imine (C=N–C) groups is 1. The van der Waals surface area contributed by atoms with Crippen LogP contribution in [0.15, 0.2) is 53.5 Å². The molecule has 0 aromatic heterocycles. The average Bonchev–Trinajstić information content (AvgIpc) is 2.73. The molecule has 0 saturated carbocycles. The van der Waals surface area contributed by atoms with Gasteiger partial charge in [0.05, 0.1) is 26.9 Å². The molecular formula is C22H24N2O5. The zero-order valence-corrected chi connectivity index (χ0v) is 16.7. The quantitative estimate of drug-likeness (QED) is 0.726. The number of esters is 1. The Morgan fingerprint density at radius 1 is 1.07 bits per heavy atom. The van der Waals surface area contributed by atoms with E-state index in [9.17, 15) is 9.59 Å². The van der Waals surface area contributed by atoms with Crippen LogP contribution in [-0.4, -0.2) is 38.5 Å². The van der Waals surface area contributed by atoms with Crippen LogP contribution in [0, 0.1) is 5.92 Å². The fraction of sp³-hybridized carbons (Fsp3) is 0.318. The predicted molar refractivity (Wildman–Crippen MR) is 109 cm³/mol. The highest BCUT2D eigenvalue weighted by Gasteiger charge is 2.39. The number of nitrogens with one attached hydrogen (secondary N) is 1. The lowest BCUT2D eigenvalue weighted by atomic mass is 9.87. The van der Waals surface area contributed by atoms with E-state index in [1.807, 2.05) is 30.3 Å². The summed E-state index contributed by atoms with van der Waals surface area (Å²) in [5.74, 6) is -0.241. The lowest BCUT2D eigenvalue weighted by Crippen LogP contribution is -2.44. The van der Waals surface area contributed by atoms with Crippen molar-refractivity contribution in [3.05, 3.63) is 59.7 Å². The van der Waals surface area contributed by atoms with Gasteiger partial charge < -0.3 is 19.5 Å². The first-order valence-corrected chi connectivity index (χ1v) is 9.32. The number of amides is 2. The molecule has 1 N–H and O–H groups in total. The molecule has 152 valence electrons. The summed E-state index contributed by atoms with van der Waals surface area (Å²) < 4.78 is 16.4. The van der Waals surface area contributed by atoms with Gasteiger partial charge in [0.15, 0.2) is 11.5 Å². The van der Waals surface area contributed by atoms with Crippen molar-refractivity contribution < 1.29 is 23.8 Å². The SMILES string of the molecule is COc1cccc(C2NC(=O)N=C(C)C2C(=O)OCCc2ccccc2)c1OC. The highest BCUT2D eigenvalue weighted by Crippen LogP contribution is 2.39. The molecule has 0 saturated heterocycles. The summed E-state index contributed by atoms with van der Waals surface area (Å²) >= 11 is 0. The molecule has 2 unspecified atom stereocenters. The zero-order valence-electron chi connectivity index (χ0n) is 16.7. The van der Waals surface area contributed by atoms with E-state index in [4.69, 9.17) is 14.2 Å². The number of benzene rings is 2. The average molecular weight is 396 g/mol. The second kappa shape index (κ2) is 9.23. The topological polar surface area (TPSA) is 86.2 Å². The number of para-hydroxylation sites is 1. The van der Waals surface area contributed by atoms with Gasteiger partial charge in [-0.25, -0.2) is 9.79 Å². The minimum atomic E-state index is -0.760. The van der Waals surface area contributed by atoms with Crippen LogP contribution < -0.4 is 14.8 Å². The van der Waals surface area contributed by atoms with E-state index in [-0.39, 0.29) is 6.61 Å². The highest BCUT2D eigenvalue weighted by molar-refractivity contribution is 6.08. The number of methoxy groups -OCH3 is 2. The van der Waals surface area contributed by atoms with Crippen molar-refractivity contribution in [3.63, 3.8) is 0 Å². The molecule has 0 fully saturated rings. The lowest BCUT2D eigenvalue weighted by molar-refractivity contribution is -0.146. The molecule has 2 aromatic rings. The first kappa shape index (κ1) is 20.4. The predicted octanol–water partition coefficient (Wildman–Crippen LogP) is 3.33. The van der Waals surface area contributed by atoms with Crippen LogP contribution in [0.4, 0.5) is 4.79 Å². The molecule has 2 atom stereocenters. The van der Waals surface area contributed by atoms with Crippen LogP contribution in [-0.2, 0) is 16.0 Å². The van der Waals surface area contributed by atoms with Gasteiger partial charge in [0, 0.05) is 17.7 Å². The third-order valence-corrected chi connectivity index (χ3v) is 4.84. The number of carbonyl (C=O) groups excluding carboxylic acids is 2. The van der Waals surface area contributed by atoms with E-state index in [0.29, 0.717) is 29.2 Å². The summed E-state index contributed by atoms with van der Waals surface area (Å²) in [6, 6.07) is 13.9. The Bertz CT molecular complexity index is 911. The fourth-order valence-corrected chi connectivity index (χ4v) is 3.44. The number of carbonyl (C=O) groups is 2. The normalized spacial score (nSPS) is 18.4. The van der Waals surface area contributed by atoms with E-state index in [0.717, 1.165) is 5.56 Å². The fourth-order valence-electron chi connectivity index (χ4n) is 3.44. The van der Waals surface area contributed by atoms with Gasteiger partial charge >= 0.3 is 12.0 Å². The maximum atomic E-state index is 12.9. The molecule has 1 aliphatic heterocycles. The Kier molecular flexibility index (Phi) is 6.49. The van der Waals surface area contributed by atoms with Gasteiger partial charge in [-0.3, -0.25) is 4.79 Å². The van der Waals surface area contributed by atoms with Crippen LogP contribution in [0.1, 0.15) is 24.1 Å². The lowest BCUT2D eigenvalue weighted by Gasteiger charge is -2.30. The number of ether oxygens (including phenoxy) is 3. The Morgan fingerprint density at radius 2 is 1.83 bits per heavy atom. The summed E-state index contributed by atoms with van der Waals surface area (Å²) in [6.45, 7) is 1.89. The van der Waals surface area contributed by atoms with Crippen molar-refractivity contribution >= 4 is 17.7 Å². The second-order valence-electron chi connectivity index (χ2n) is 6.64. The molecular weight excluding hydrogens is 372 g/mol. The number of rotatable bonds is 7. The summed E-state index contributed by atoms with van der Waals surface area (Å²) in [6.07, 6.45) is 0.606. The van der Waals surface area contributed by atoms with Crippen LogP contribution in [0.5, 0.6) is 11.5 Å². The first-order valence-electron chi connectivity index (χ1n) is 9.32. The van der Waals surface area contributed by atoms with Gasteiger partial charge in [-0.1, -0.05) is 42.5 Å². The monoisotopic (exact) mass is 396 g/mol. The number of nitrogens with zero attached hydrogens (tertiary/aromatic N) is 1. The van der Waals surface area contributed by atoms with Crippen molar-refractivity contribution in [2.75, 3.05) is 20.8 Å². The number of hydrogen-bond donors (Lipinski definition) is 1. The highest BCUT2D eigenvalue weighted by atomic mass is 16.5. The zero-order chi connectivity index (χ0) is 20.8. The molecule has 3 rings (SSSR count). The molecule has 1 heterocycles. The van der Waals surface area contributed by atoms with Gasteiger partial charge in [0.1, 0.15) is 5.92 Å². The molecule has 0 aliphatic carbocycles. The summed E-state index contributed by atoms with van der Waals surface area (Å²) in [7, 11) is 3.04. The Morgan fingerprint density at radius 3 is 2.52 bits per heavy atom. The summed E-state index contributed by atoms with van der Waals surface area (Å²) in [4.78, 5) is 28.9. The van der Waals surface area contributed by atoms with E-state index < -0.39 is 24.0 Å². The third-order valence-electron chi connectivity index (χ3n) is 4.84. The number of urea groups is 1. The Hall–Kier alpha value is -3.35. The van der Waals surface area contributed by atoms with Crippen molar-refractivity contribution in [1.29, 1.82) is 0 Å². The van der Waals surface area contributed by atoms with Crippen LogP contribution in [0.3, 0.4) is 0 Å². The smallest absolute Gasteiger partial charge is 0.341 e. The van der Waals surface area contributed by atoms with Gasteiger partial charge in [-0.2, -0.15) is 0 Å². The summed E-state index contributed by atoms with van der Waals surface area (Å²) in [5.41, 5.74) is 2.10. The van der Waals surface area contributed by atoms with Crippen LogP contribution >= 0.6 is 0 Å². The minimum absolute atomic E-state index is 0.239. The molecule has 7 nitrogen and oxygen atoms in total. The van der Waals surface area contributed by atoms with E-state index >= 15 is 0 Å². The van der Waals surface area contributed by atoms with Gasteiger partial charge in [0.25, 0.3) is 0 Å². The molecule has 0 bridgehead atoms. The van der Waals surface area contributed by atoms with Crippen LogP contribution in [0.2, 0.25) is 0 Å². The second-order valence-corrected chi connectivity index (χ2v) is 6.64. The van der Waals surface area contributed by atoms with Gasteiger partial charge in [-0.05, 0) is 18.6 Å². The largest absolute Gasteiger partial charge is 0.493 e. The van der Waals surface area contributed by atoms with E-state index in [1.165, 1.54) is 14.2 Å². The van der Waals surface area contributed by atoms with Gasteiger partial charge in [-0.15, -0.1) is 0 Å². The van der Waals surface area contributed by atoms with E-state index in [2.05, 4.69) is 10.3 Å². The molecule has 29 heavy (non-hydrogen) atoms. The third kappa shape index (κ3) is 4.56. The number of hydrogen-bond acceptors (Lipinski definition) is 5. The molecule has 1 aliphatic rings. The maximum Gasteiger partial charge on any atom is 0.341 e. The molecule has 0 spiro atoms. The molecule has 2 amide bonds. The van der Waals surface area contributed by atoms with Crippen molar-refractivity contribution in [2.45, 2.75) is 19.4 Å². The minimum Gasteiger partial charge on any atom is -0.493 e.